The Morgan fingerprint density at radius 2 is 2.00 bits per heavy atom. The minimum atomic E-state index is 0.375. The third-order valence-electron chi connectivity index (χ3n) is 5.37. The number of hydrogen-bond acceptors (Lipinski definition) is 3. The third-order valence-corrected chi connectivity index (χ3v) is 6.31. The summed E-state index contributed by atoms with van der Waals surface area (Å²) in [5.74, 6) is 1.17. The first-order valence-electron chi connectivity index (χ1n) is 9.22. The topological polar surface area (TPSA) is 29.5 Å². The Balaban J connectivity index is 1.54. The van der Waals surface area contributed by atoms with Crippen LogP contribution in [-0.2, 0) is 16.0 Å². The number of ether oxygens (including phenoxy) is 1. The van der Waals surface area contributed by atoms with Crippen molar-refractivity contribution in [1.29, 1.82) is 0 Å². The fourth-order valence-corrected chi connectivity index (χ4v) is 4.66. The molecule has 0 radical (unpaired) electrons. The standard InChI is InChI=1S/C19H29NO2S/c21-19(8-7-16-4-1-2-5-16)20(17-10-13-22-14-11-17)12-9-18-6-3-15-23-18/h3,6,15-17H,1-2,4-5,7-14H2. The van der Waals surface area contributed by atoms with Crippen LogP contribution in [0.3, 0.4) is 0 Å². The fraction of sp³-hybridized carbons (Fsp3) is 0.737. The van der Waals surface area contributed by atoms with Crippen LogP contribution in [0.4, 0.5) is 0 Å². The molecule has 4 heteroatoms. The third kappa shape index (κ3) is 5.05. The maximum absolute atomic E-state index is 12.8. The van der Waals surface area contributed by atoms with Crippen molar-refractivity contribution in [3.8, 4) is 0 Å². The zero-order valence-corrected chi connectivity index (χ0v) is 14.9. The Kier molecular flexibility index (Phi) is 6.52. The van der Waals surface area contributed by atoms with Gasteiger partial charge in [-0.15, -0.1) is 11.3 Å². The second-order valence-electron chi connectivity index (χ2n) is 6.95. The van der Waals surface area contributed by atoms with Crippen LogP contribution in [0.1, 0.15) is 56.2 Å². The van der Waals surface area contributed by atoms with Crippen LogP contribution in [-0.4, -0.2) is 36.6 Å². The number of carbonyl (C=O) groups is 1. The number of hydrogen-bond donors (Lipinski definition) is 0. The second-order valence-corrected chi connectivity index (χ2v) is 7.98. The maximum atomic E-state index is 12.8. The van der Waals surface area contributed by atoms with Gasteiger partial charge in [-0.1, -0.05) is 31.7 Å². The second kappa shape index (κ2) is 8.84. The zero-order chi connectivity index (χ0) is 15.9. The number of amides is 1. The van der Waals surface area contributed by atoms with Gasteiger partial charge in [0.25, 0.3) is 0 Å². The lowest BCUT2D eigenvalue weighted by atomic mass is 10.00. The lowest BCUT2D eigenvalue weighted by molar-refractivity contribution is -0.135. The molecule has 0 spiro atoms. The van der Waals surface area contributed by atoms with E-state index in [9.17, 15) is 4.79 Å². The molecular weight excluding hydrogens is 306 g/mol. The van der Waals surface area contributed by atoms with E-state index in [1.807, 2.05) is 0 Å². The molecule has 1 aromatic heterocycles. The first kappa shape index (κ1) is 17.0. The molecule has 0 unspecified atom stereocenters. The number of rotatable bonds is 7. The Bertz CT molecular complexity index is 462. The minimum Gasteiger partial charge on any atom is -0.381 e. The van der Waals surface area contributed by atoms with Gasteiger partial charge < -0.3 is 9.64 Å². The highest BCUT2D eigenvalue weighted by atomic mass is 32.1. The minimum absolute atomic E-state index is 0.375. The van der Waals surface area contributed by atoms with Crippen LogP contribution in [0.2, 0.25) is 0 Å². The van der Waals surface area contributed by atoms with Gasteiger partial charge in [-0.3, -0.25) is 4.79 Å². The van der Waals surface area contributed by atoms with Gasteiger partial charge in [0.2, 0.25) is 5.91 Å². The van der Waals surface area contributed by atoms with Gasteiger partial charge in [0.05, 0.1) is 0 Å². The van der Waals surface area contributed by atoms with E-state index in [-0.39, 0.29) is 0 Å². The SMILES string of the molecule is O=C(CCC1CCCC1)N(CCc1cccs1)C1CCOCC1. The molecule has 128 valence electrons. The van der Waals surface area contributed by atoms with E-state index in [4.69, 9.17) is 4.74 Å². The molecule has 0 N–H and O–H groups in total. The van der Waals surface area contributed by atoms with Gasteiger partial charge in [-0.2, -0.15) is 0 Å². The van der Waals surface area contributed by atoms with Crippen molar-refractivity contribution in [2.75, 3.05) is 19.8 Å². The van der Waals surface area contributed by atoms with Crippen molar-refractivity contribution in [2.24, 2.45) is 5.92 Å². The smallest absolute Gasteiger partial charge is 0.222 e. The van der Waals surface area contributed by atoms with Crippen LogP contribution < -0.4 is 0 Å². The molecule has 2 heterocycles. The average Bonchev–Trinajstić information content (AvgIpc) is 3.28. The zero-order valence-electron chi connectivity index (χ0n) is 14.0. The van der Waals surface area contributed by atoms with Gasteiger partial charge in [-0.05, 0) is 43.0 Å². The highest BCUT2D eigenvalue weighted by Crippen LogP contribution is 2.29. The van der Waals surface area contributed by atoms with Gasteiger partial charge in [0.1, 0.15) is 0 Å². The first-order chi connectivity index (χ1) is 11.3. The Hall–Kier alpha value is -0.870. The first-order valence-corrected chi connectivity index (χ1v) is 10.1. The van der Waals surface area contributed by atoms with Crippen LogP contribution in [0.15, 0.2) is 17.5 Å². The summed E-state index contributed by atoms with van der Waals surface area (Å²) >= 11 is 1.79. The number of thiophene rings is 1. The molecule has 1 aromatic rings. The van der Waals surface area contributed by atoms with Crippen molar-refractivity contribution in [2.45, 2.75) is 63.8 Å². The van der Waals surface area contributed by atoms with Crippen LogP contribution in [0.5, 0.6) is 0 Å². The highest BCUT2D eigenvalue weighted by molar-refractivity contribution is 7.09. The molecule has 1 saturated carbocycles. The summed E-state index contributed by atoms with van der Waals surface area (Å²) in [5.41, 5.74) is 0. The highest BCUT2D eigenvalue weighted by Gasteiger charge is 2.26. The van der Waals surface area contributed by atoms with E-state index in [0.717, 1.165) is 57.8 Å². The predicted molar refractivity (Wildman–Crippen MR) is 94.8 cm³/mol. The quantitative estimate of drug-likeness (QED) is 0.745. The molecule has 23 heavy (non-hydrogen) atoms. The molecule has 0 aromatic carbocycles. The lowest BCUT2D eigenvalue weighted by Gasteiger charge is -2.34. The molecular formula is C19H29NO2S. The van der Waals surface area contributed by atoms with Crippen molar-refractivity contribution >= 4 is 17.2 Å². The van der Waals surface area contributed by atoms with Gasteiger partial charge in [-0.25, -0.2) is 0 Å². The average molecular weight is 336 g/mol. The summed E-state index contributed by atoms with van der Waals surface area (Å²) < 4.78 is 5.49. The molecule has 1 saturated heterocycles. The Labute approximate surface area is 144 Å². The predicted octanol–water partition coefficient (Wildman–Crippen LogP) is 4.27. The van der Waals surface area contributed by atoms with Gasteiger partial charge >= 0.3 is 0 Å². The molecule has 2 aliphatic rings. The monoisotopic (exact) mass is 335 g/mol. The Morgan fingerprint density at radius 3 is 2.70 bits per heavy atom. The van der Waals surface area contributed by atoms with Crippen molar-refractivity contribution in [3.05, 3.63) is 22.4 Å². The number of carbonyl (C=O) groups excluding carboxylic acids is 1. The van der Waals surface area contributed by atoms with Crippen LogP contribution >= 0.6 is 11.3 Å². The molecule has 0 bridgehead atoms. The van der Waals surface area contributed by atoms with Crippen LogP contribution in [0, 0.1) is 5.92 Å². The molecule has 1 aliphatic heterocycles. The lowest BCUT2D eigenvalue weighted by Crippen LogP contribution is -2.44. The summed E-state index contributed by atoms with van der Waals surface area (Å²) in [7, 11) is 0. The van der Waals surface area contributed by atoms with Crippen molar-refractivity contribution in [3.63, 3.8) is 0 Å². The largest absolute Gasteiger partial charge is 0.381 e. The summed E-state index contributed by atoms with van der Waals surface area (Å²) in [6.45, 7) is 2.47. The van der Waals surface area contributed by atoms with E-state index in [1.165, 1.54) is 30.6 Å². The summed E-state index contributed by atoms with van der Waals surface area (Å²) in [5, 5.41) is 2.12. The normalized spacial score (nSPS) is 20.0. The molecule has 1 aliphatic carbocycles. The van der Waals surface area contributed by atoms with E-state index < -0.39 is 0 Å². The van der Waals surface area contributed by atoms with E-state index >= 15 is 0 Å². The molecule has 3 nitrogen and oxygen atoms in total. The Morgan fingerprint density at radius 1 is 1.22 bits per heavy atom. The summed E-state index contributed by atoms with van der Waals surface area (Å²) in [6, 6.07) is 4.66. The van der Waals surface area contributed by atoms with E-state index in [2.05, 4.69) is 22.4 Å². The molecule has 2 fully saturated rings. The van der Waals surface area contributed by atoms with E-state index in [0.29, 0.717) is 11.9 Å². The number of nitrogens with zero attached hydrogens (tertiary/aromatic N) is 1. The van der Waals surface area contributed by atoms with Gasteiger partial charge in [0.15, 0.2) is 0 Å². The van der Waals surface area contributed by atoms with E-state index in [1.54, 1.807) is 11.3 Å². The summed E-state index contributed by atoms with van der Waals surface area (Å²) in [6.07, 6.45) is 10.2. The maximum Gasteiger partial charge on any atom is 0.222 e. The molecule has 3 rings (SSSR count). The molecule has 0 atom stereocenters. The van der Waals surface area contributed by atoms with Crippen molar-refractivity contribution in [1.82, 2.24) is 4.90 Å². The summed E-state index contributed by atoms with van der Waals surface area (Å²) in [4.78, 5) is 16.4. The van der Waals surface area contributed by atoms with Crippen molar-refractivity contribution < 1.29 is 9.53 Å². The molecule has 1 amide bonds. The van der Waals surface area contributed by atoms with Crippen LogP contribution in [0.25, 0.3) is 0 Å². The fourth-order valence-electron chi connectivity index (χ4n) is 3.96. The van der Waals surface area contributed by atoms with Gasteiger partial charge in [0, 0.05) is 37.1 Å².